The predicted octanol–water partition coefficient (Wildman–Crippen LogP) is 3.55. The van der Waals surface area contributed by atoms with Crippen molar-refractivity contribution in [2.45, 2.75) is 24.4 Å². The predicted molar refractivity (Wildman–Crippen MR) is 93.1 cm³/mol. The van der Waals surface area contributed by atoms with Crippen molar-refractivity contribution in [1.82, 2.24) is 0 Å². The third-order valence-corrected chi connectivity index (χ3v) is 4.96. The summed E-state index contributed by atoms with van der Waals surface area (Å²) >= 11 is 0. The first-order chi connectivity index (χ1) is 10.7. The van der Waals surface area contributed by atoms with Gasteiger partial charge in [0.1, 0.15) is 5.66 Å². The molecule has 4 rings (SSSR count). The van der Waals surface area contributed by atoms with Crippen LogP contribution in [0.5, 0.6) is 0 Å². The van der Waals surface area contributed by atoms with Gasteiger partial charge in [0.25, 0.3) is 0 Å². The van der Waals surface area contributed by atoms with Gasteiger partial charge in [-0.3, -0.25) is 0 Å². The Hall–Kier alpha value is -2.26. The molecule has 0 radical (unpaired) electrons. The smallest absolute Gasteiger partial charge is 0.112 e. The molecule has 112 valence electrons. The lowest BCUT2D eigenvalue weighted by Gasteiger charge is -2.38. The molecule has 0 amide bonds. The first-order valence-corrected chi connectivity index (χ1v) is 7.86. The van der Waals surface area contributed by atoms with Gasteiger partial charge in [0, 0.05) is 29.9 Å². The van der Waals surface area contributed by atoms with Crippen molar-refractivity contribution in [3.8, 4) is 0 Å². The normalized spacial score (nSPS) is 25.3. The maximum absolute atomic E-state index is 6.77. The van der Waals surface area contributed by atoms with Crippen LogP contribution in [0.4, 0.5) is 11.4 Å². The van der Waals surface area contributed by atoms with E-state index in [-0.39, 0.29) is 0 Å². The van der Waals surface area contributed by atoms with Gasteiger partial charge in [-0.1, -0.05) is 36.4 Å². The second-order valence-electron chi connectivity index (χ2n) is 6.20. The third kappa shape index (κ3) is 1.93. The van der Waals surface area contributed by atoms with Crippen LogP contribution in [-0.4, -0.2) is 12.7 Å². The second kappa shape index (κ2) is 4.89. The molecule has 1 aliphatic heterocycles. The Kier molecular flexibility index (Phi) is 2.98. The summed E-state index contributed by atoms with van der Waals surface area (Å²) in [5.74, 6) is 0.311. The lowest BCUT2D eigenvalue weighted by Crippen LogP contribution is -2.51. The molecule has 3 heteroatoms. The molecule has 1 heterocycles. The number of anilines is 2. The van der Waals surface area contributed by atoms with Crippen molar-refractivity contribution in [1.29, 1.82) is 0 Å². The third-order valence-electron chi connectivity index (χ3n) is 4.96. The average molecular weight is 291 g/mol. The first-order valence-electron chi connectivity index (χ1n) is 7.86. The lowest BCUT2D eigenvalue weighted by atomic mass is 9.84. The van der Waals surface area contributed by atoms with Crippen LogP contribution in [0.15, 0.2) is 48.5 Å². The van der Waals surface area contributed by atoms with Crippen LogP contribution >= 0.6 is 0 Å². The minimum atomic E-state index is -0.522. The van der Waals surface area contributed by atoms with E-state index in [2.05, 4.69) is 65.3 Å². The minimum Gasteiger partial charge on any atom is -0.388 e. The van der Waals surface area contributed by atoms with Crippen molar-refractivity contribution in [2.24, 2.45) is 5.73 Å². The first kappa shape index (κ1) is 13.4. The molecule has 0 spiro atoms. The minimum absolute atomic E-state index is 0.311. The topological polar surface area (TPSA) is 50.1 Å². The van der Waals surface area contributed by atoms with Gasteiger partial charge < -0.3 is 16.4 Å². The number of aryl methyl sites for hydroxylation is 1. The van der Waals surface area contributed by atoms with Crippen LogP contribution in [0.2, 0.25) is 0 Å². The van der Waals surface area contributed by atoms with E-state index in [1.165, 1.54) is 16.7 Å². The Labute approximate surface area is 131 Å². The Morgan fingerprint density at radius 1 is 1.18 bits per heavy atom. The van der Waals surface area contributed by atoms with E-state index < -0.39 is 5.66 Å². The van der Waals surface area contributed by atoms with Crippen molar-refractivity contribution >= 4 is 17.5 Å². The van der Waals surface area contributed by atoms with Gasteiger partial charge in [0.2, 0.25) is 0 Å². The molecule has 0 saturated heterocycles. The van der Waals surface area contributed by atoms with E-state index in [1.54, 1.807) is 0 Å². The van der Waals surface area contributed by atoms with E-state index in [9.17, 15) is 0 Å². The van der Waals surface area contributed by atoms with Gasteiger partial charge in [0.05, 0.1) is 0 Å². The van der Waals surface area contributed by atoms with Crippen LogP contribution in [0.25, 0.3) is 6.08 Å². The summed E-state index contributed by atoms with van der Waals surface area (Å²) in [7, 11) is 1.95. The molecule has 2 aliphatic rings. The largest absolute Gasteiger partial charge is 0.388 e. The van der Waals surface area contributed by atoms with Crippen LogP contribution in [-0.2, 0) is 6.42 Å². The van der Waals surface area contributed by atoms with E-state index in [0.29, 0.717) is 5.92 Å². The fourth-order valence-electron chi connectivity index (χ4n) is 3.82. The molecule has 4 N–H and O–H groups in total. The molecule has 22 heavy (non-hydrogen) atoms. The van der Waals surface area contributed by atoms with Crippen molar-refractivity contribution in [3.05, 3.63) is 65.2 Å². The maximum Gasteiger partial charge on any atom is 0.112 e. The van der Waals surface area contributed by atoms with Crippen molar-refractivity contribution < 1.29 is 0 Å². The molecule has 2 atom stereocenters. The number of hydrogen-bond donors (Lipinski definition) is 3. The Balaban J connectivity index is 1.73. The van der Waals surface area contributed by atoms with Gasteiger partial charge in [-0.15, -0.1) is 0 Å². The van der Waals surface area contributed by atoms with Gasteiger partial charge in [-0.25, -0.2) is 0 Å². The molecule has 0 bridgehead atoms. The number of rotatable bonds is 2. The fraction of sp³-hybridized carbons (Fsp3) is 0.263. The Bertz CT molecular complexity index is 750. The molecule has 0 aromatic heterocycles. The highest BCUT2D eigenvalue weighted by Gasteiger charge is 2.39. The lowest BCUT2D eigenvalue weighted by molar-refractivity contribution is 0.468. The Morgan fingerprint density at radius 3 is 2.91 bits per heavy atom. The van der Waals surface area contributed by atoms with E-state index >= 15 is 0 Å². The zero-order chi connectivity index (χ0) is 15.2. The quantitative estimate of drug-likeness (QED) is 0.793. The molecular weight excluding hydrogens is 270 g/mol. The summed E-state index contributed by atoms with van der Waals surface area (Å²) in [6, 6.07) is 14.9. The SMILES string of the molecule is CNc1cccc2c1C=C[C@](N)(C1CCc3ccccc31)N2. The maximum atomic E-state index is 6.77. The second-order valence-corrected chi connectivity index (χ2v) is 6.20. The van der Waals surface area contributed by atoms with Gasteiger partial charge in [-0.05, 0) is 42.2 Å². The molecule has 0 saturated carbocycles. The van der Waals surface area contributed by atoms with Gasteiger partial charge in [0.15, 0.2) is 0 Å². The summed E-state index contributed by atoms with van der Waals surface area (Å²) in [6.07, 6.45) is 6.48. The standard InChI is InChI=1S/C19H21N3/c1-21-17-7-4-8-18-15(17)11-12-19(20,22-18)16-10-9-13-5-2-3-6-14(13)16/h2-8,11-12,16,21-22H,9-10,20H2,1H3/t16?,19-/m1/s1. The molecule has 0 fully saturated rings. The molecule has 1 aliphatic carbocycles. The zero-order valence-electron chi connectivity index (χ0n) is 12.8. The highest BCUT2D eigenvalue weighted by molar-refractivity contribution is 5.82. The number of hydrogen-bond acceptors (Lipinski definition) is 3. The highest BCUT2D eigenvalue weighted by atomic mass is 15.1. The van der Waals surface area contributed by atoms with Gasteiger partial charge >= 0.3 is 0 Å². The molecule has 2 aromatic rings. The van der Waals surface area contributed by atoms with Crippen LogP contribution in [0.3, 0.4) is 0 Å². The van der Waals surface area contributed by atoms with Crippen LogP contribution in [0.1, 0.15) is 29.0 Å². The van der Waals surface area contributed by atoms with Crippen LogP contribution < -0.4 is 16.4 Å². The average Bonchev–Trinajstić information content (AvgIpc) is 2.99. The number of nitrogens with two attached hydrogens (primary N) is 1. The summed E-state index contributed by atoms with van der Waals surface area (Å²) < 4.78 is 0. The highest BCUT2D eigenvalue weighted by Crippen LogP contribution is 2.43. The summed E-state index contributed by atoms with van der Waals surface area (Å²) in [5.41, 5.74) is 12.5. The summed E-state index contributed by atoms with van der Waals surface area (Å²) in [4.78, 5) is 0. The van der Waals surface area contributed by atoms with Crippen molar-refractivity contribution in [2.75, 3.05) is 17.7 Å². The molecule has 1 unspecified atom stereocenters. The monoisotopic (exact) mass is 291 g/mol. The summed E-state index contributed by atoms with van der Waals surface area (Å²) in [5, 5.41) is 6.82. The van der Waals surface area contributed by atoms with E-state index in [1.807, 2.05) is 7.05 Å². The molecule has 3 nitrogen and oxygen atoms in total. The van der Waals surface area contributed by atoms with Crippen LogP contribution in [0, 0.1) is 0 Å². The fourth-order valence-corrected chi connectivity index (χ4v) is 3.82. The van der Waals surface area contributed by atoms with Crippen molar-refractivity contribution in [3.63, 3.8) is 0 Å². The number of nitrogens with one attached hydrogen (secondary N) is 2. The van der Waals surface area contributed by atoms with E-state index in [0.717, 1.165) is 24.2 Å². The van der Waals surface area contributed by atoms with Gasteiger partial charge in [-0.2, -0.15) is 0 Å². The number of fused-ring (bicyclic) bond motifs is 2. The summed E-state index contributed by atoms with van der Waals surface area (Å²) in [6.45, 7) is 0. The Morgan fingerprint density at radius 2 is 2.05 bits per heavy atom. The van der Waals surface area contributed by atoms with E-state index in [4.69, 9.17) is 5.73 Å². The number of benzene rings is 2. The molecule has 2 aromatic carbocycles. The zero-order valence-corrected chi connectivity index (χ0v) is 12.8. The molecular formula is C19H21N3.